The summed E-state index contributed by atoms with van der Waals surface area (Å²) in [7, 11) is 1.58. The van der Waals surface area contributed by atoms with Crippen LogP contribution in [0, 0.1) is 18.3 Å². The van der Waals surface area contributed by atoms with Crippen LogP contribution in [0.4, 0.5) is 0 Å². The summed E-state index contributed by atoms with van der Waals surface area (Å²) < 4.78 is 18.6. The molecule has 4 heterocycles. The smallest absolute Gasteiger partial charge is 0.236 e. The van der Waals surface area contributed by atoms with E-state index < -0.39 is 0 Å². The molecular formula is C43H43ClN6O5. The number of oxazole rings is 1. The van der Waals surface area contributed by atoms with E-state index in [0.29, 0.717) is 65.4 Å². The number of rotatable bonds is 10. The summed E-state index contributed by atoms with van der Waals surface area (Å²) in [4.78, 5) is 23.6. The third-order valence-electron chi connectivity index (χ3n) is 11.9. The van der Waals surface area contributed by atoms with Crippen LogP contribution in [-0.4, -0.2) is 64.8 Å². The van der Waals surface area contributed by atoms with Crippen LogP contribution in [0.15, 0.2) is 52.9 Å². The molecular weight excluding hydrogens is 716 g/mol. The number of benzene rings is 3. The van der Waals surface area contributed by atoms with Crippen LogP contribution in [0.5, 0.6) is 11.8 Å². The third kappa shape index (κ3) is 6.51. The van der Waals surface area contributed by atoms with Crippen molar-refractivity contribution in [3.05, 3.63) is 92.5 Å². The number of carbonyl (C=O) groups excluding carboxylic acids is 1. The van der Waals surface area contributed by atoms with E-state index in [1.165, 1.54) is 5.56 Å². The van der Waals surface area contributed by atoms with E-state index in [1.54, 1.807) is 7.11 Å². The van der Waals surface area contributed by atoms with Crippen LogP contribution in [0.1, 0.15) is 83.2 Å². The molecule has 4 aliphatic rings. The van der Waals surface area contributed by atoms with Crippen molar-refractivity contribution in [1.82, 2.24) is 25.5 Å². The average Bonchev–Trinajstić information content (AvgIpc) is 4.03. The zero-order valence-corrected chi connectivity index (χ0v) is 31.7. The molecule has 2 aromatic heterocycles. The summed E-state index contributed by atoms with van der Waals surface area (Å²) in [6.45, 7) is 4.75. The minimum absolute atomic E-state index is 0.0908. The van der Waals surface area contributed by atoms with E-state index in [1.807, 2.05) is 18.2 Å². The van der Waals surface area contributed by atoms with Crippen molar-refractivity contribution in [3.8, 4) is 40.4 Å². The van der Waals surface area contributed by atoms with Gasteiger partial charge in [-0.25, -0.2) is 4.98 Å². The molecule has 12 heteroatoms. The SMILES string of the molecule is COc1nc(O[C@H]2CCc3c(-c4cccc(-c5nc6cc7c(c(C#N)c6o5)CC[C@H]7N5CC[C@@H](O)C5)c4C)cccc32)c(Cl)cc1CNC[C@H]1CCC(=O)N1. The number of β-amino-alcohol motifs (C(OH)–C–C–N with tert-alkyl or cyclic N) is 1. The lowest BCUT2D eigenvalue weighted by atomic mass is 9.91. The first-order valence-electron chi connectivity index (χ1n) is 19.2. The fourth-order valence-electron chi connectivity index (χ4n) is 9.17. The van der Waals surface area contributed by atoms with Crippen LogP contribution < -0.4 is 20.1 Å². The van der Waals surface area contributed by atoms with Gasteiger partial charge < -0.3 is 29.6 Å². The van der Waals surface area contributed by atoms with E-state index in [-0.39, 0.29) is 30.2 Å². The van der Waals surface area contributed by atoms with Gasteiger partial charge in [0.15, 0.2) is 5.58 Å². The van der Waals surface area contributed by atoms with Crippen LogP contribution in [0.2, 0.25) is 5.02 Å². The molecule has 55 heavy (non-hydrogen) atoms. The highest BCUT2D eigenvalue weighted by Gasteiger charge is 2.36. The highest BCUT2D eigenvalue weighted by atomic mass is 35.5. The number of pyridine rings is 1. The predicted octanol–water partition coefficient (Wildman–Crippen LogP) is 6.89. The molecule has 3 aromatic carbocycles. The lowest BCUT2D eigenvalue weighted by Gasteiger charge is -2.24. The Labute approximate surface area is 324 Å². The van der Waals surface area contributed by atoms with Crippen molar-refractivity contribution in [1.29, 1.82) is 5.26 Å². The highest BCUT2D eigenvalue weighted by molar-refractivity contribution is 6.31. The number of nitriles is 1. The van der Waals surface area contributed by atoms with Gasteiger partial charge in [-0.1, -0.05) is 41.9 Å². The third-order valence-corrected chi connectivity index (χ3v) is 12.2. The Morgan fingerprint density at radius 3 is 2.62 bits per heavy atom. The van der Waals surface area contributed by atoms with Crippen molar-refractivity contribution < 1.29 is 23.8 Å². The van der Waals surface area contributed by atoms with E-state index in [0.717, 1.165) is 89.6 Å². The quantitative estimate of drug-likeness (QED) is 0.138. The van der Waals surface area contributed by atoms with Gasteiger partial charge in [0.2, 0.25) is 23.6 Å². The monoisotopic (exact) mass is 758 g/mol. The maximum absolute atomic E-state index is 11.6. The number of fused-ring (bicyclic) bond motifs is 3. The van der Waals surface area contributed by atoms with Crippen molar-refractivity contribution in [2.75, 3.05) is 26.7 Å². The molecule has 0 spiro atoms. The van der Waals surface area contributed by atoms with Gasteiger partial charge in [-0.05, 0) is 103 Å². The first-order valence-corrected chi connectivity index (χ1v) is 19.6. The number of nitrogens with zero attached hydrogens (tertiary/aromatic N) is 4. The van der Waals surface area contributed by atoms with Gasteiger partial charge in [-0.3, -0.25) is 9.69 Å². The first kappa shape index (κ1) is 35.7. The molecule has 1 amide bonds. The number of methoxy groups -OCH3 is 1. The van der Waals surface area contributed by atoms with E-state index in [9.17, 15) is 15.2 Å². The number of nitrogens with one attached hydrogen (secondary N) is 2. The van der Waals surface area contributed by atoms with Crippen LogP contribution in [0.3, 0.4) is 0 Å². The summed E-state index contributed by atoms with van der Waals surface area (Å²) >= 11 is 6.76. The topological polar surface area (TPSA) is 146 Å². The molecule has 9 rings (SSSR count). The van der Waals surface area contributed by atoms with Gasteiger partial charge in [0.1, 0.15) is 28.3 Å². The van der Waals surface area contributed by atoms with E-state index in [4.69, 9.17) is 30.5 Å². The van der Waals surface area contributed by atoms with Gasteiger partial charge >= 0.3 is 0 Å². The summed E-state index contributed by atoms with van der Waals surface area (Å²) in [5, 5.41) is 27.3. The van der Waals surface area contributed by atoms with Gasteiger partial charge in [0, 0.05) is 55.8 Å². The minimum Gasteiger partial charge on any atom is -0.481 e. The largest absolute Gasteiger partial charge is 0.481 e. The number of aliphatic hydroxyl groups excluding tert-OH is 1. The summed E-state index contributed by atoms with van der Waals surface area (Å²) in [5.41, 5.74) is 11.2. The molecule has 11 nitrogen and oxygen atoms in total. The summed E-state index contributed by atoms with van der Waals surface area (Å²) in [6.07, 6.45) is 4.95. The zero-order valence-electron chi connectivity index (χ0n) is 31.0. The summed E-state index contributed by atoms with van der Waals surface area (Å²) in [5.74, 6) is 1.36. The normalized spacial score (nSPS) is 21.8. The Morgan fingerprint density at radius 2 is 1.84 bits per heavy atom. The molecule has 282 valence electrons. The number of amides is 1. The molecule has 2 fully saturated rings. The number of halogens is 1. The molecule has 3 N–H and O–H groups in total. The number of carbonyl (C=O) groups is 1. The fraction of sp³-hybridized carbons (Fsp3) is 0.395. The van der Waals surface area contributed by atoms with Crippen LogP contribution in [-0.2, 0) is 24.2 Å². The lowest BCUT2D eigenvalue weighted by molar-refractivity contribution is -0.119. The zero-order chi connectivity index (χ0) is 37.8. The molecule has 2 saturated heterocycles. The first-order chi connectivity index (χ1) is 26.8. The van der Waals surface area contributed by atoms with Gasteiger partial charge in [-0.2, -0.15) is 10.2 Å². The molecule has 4 atom stereocenters. The van der Waals surface area contributed by atoms with E-state index in [2.05, 4.69) is 63.8 Å². The average molecular weight is 759 g/mol. The van der Waals surface area contributed by atoms with Crippen LogP contribution >= 0.6 is 11.6 Å². The number of hydrogen-bond donors (Lipinski definition) is 3. The highest BCUT2D eigenvalue weighted by Crippen LogP contribution is 2.45. The molecule has 0 unspecified atom stereocenters. The second-order valence-electron chi connectivity index (χ2n) is 15.2. The number of ether oxygens (including phenoxy) is 2. The second kappa shape index (κ2) is 14.6. The second-order valence-corrected chi connectivity index (χ2v) is 15.6. The number of aromatic nitrogens is 2. The Hall–Kier alpha value is -4.99. The Kier molecular flexibility index (Phi) is 9.47. The Balaban J connectivity index is 0.972. The fourth-order valence-corrected chi connectivity index (χ4v) is 9.39. The standard InChI is InChI=1S/C43H43ClN6O5/c1-23-27(5-3-6-28(23)42-48-36-18-33-31(34(19-45)40(36)55-42)10-12-37(33)50-16-15-26(51)22-50)29-7-4-8-32-30(29)11-13-38(32)54-43-35(44)17-24(41(49-43)53-2)20-46-21-25-9-14-39(52)47-25/h3-8,17-18,25-26,37-38,46,51H,9-16,20-22H2,1-2H3,(H,47,52)/t25-,26-,37-,38+/m1/s1. The molecule has 0 saturated carbocycles. The Morgan fingerprint density at radius 1 is 1.02 bits per heavy atom. The molecule has 2 aliphatic heterocycles. The van der Waals surface area contributed by atoms with Gasteiger partial charge in [-0.15, -0.1) is 0 Å². The number of likely N-dealkylation sites (tertiary alicyclic amines) is 1. The number of aliphatic hydroxyl groups is 1. The van der Waals surface area contributed by atoms with E-state index >= 15 is 0 Å². The molecule has 0 radical (unpaired) electrons. The van der Waals surface area contributed by atoms with Crippen LogP contribution in [0.25, 0.3) is 33.7 Å². The lowest BCUT2D eigenvalue weighted by Crippen LogP contribution is -2.35. The summed E-state index contributed by atoms with van der Waals surface area (Å²) in [6, 6.07) is 19.2. The van der Waals surface area contributed by atoms with Crippen molar-refractivity contribution in [2.24, 2.45) is 0 Å². The predicted molar refractivity (Wildman–Crippen MR) is 208 cm³/mol. The van der Waals surface area contributed by atoms with Crippen molar-refractivity contribution >= 4 is 28.6 Å². The molecule has 5 aromatic rings. The minimum atomic E-state index is -0.299. The van der Waals surface area contributed by atoms with Crippen molar-refractivity contribution in [2.45, 2.75) is 82.7 Å². The van der Waals surface area contributed by atoms with Gasteiger partial charge in [0.05, 0.1) is 13.2 Å². The van der Waals surface area contributed by atoms with Gasteiger partial charge in [0.25, 0.3) is 0 Å². The molecule has 2 aliphatic carbocycles. The maximum Gasteiger partial charge on any atom is 0.236 e. The number of hydrogen-bond acceptors (Lipinski definition) is 10. The Bertz CT molecular complexity index is 2370. The molecule has 0 bridgehead atoms. The maximum atomic E-state index is 11.6. The van der Waals surface area contributed by atoms with Crippen molar-refractivity contribution in [3.63, 3.8) is 0 Å².